The number of thioether (sulfide) groups is 1. The highest BCUT2D eigenvalue weighted by atomic mass is 32.2. The fraction of sp³-hybridized carbons (Fsp3) is 0.167. The molecule has 0 radical (unpaired) electrons. The van der Waals surface area contributed by atoms with Crippen LogP contribution in [-0.2, 0) is 5.75 Å². The predicted molar refractivity (Wildman–Crippen MR) is 109 cm³/mol. The van der Waals surface area contributed by atoms with E-state index >= 15 is 0 Å². The zero-order chi connectivity index (χ0) is 20.4. The van der Waals surface area contributed by atoms with Crippen molar-refractivity contribution in [2.45, 2.75) is 17.0 Å². The van der Waals surface area contributed by atoms with E-state index < -0.39 is 0 Å². The lowest BCUT2D eigenvalue weighted by molar-refractivity contribution is 0.102. The number of nitrogens with one attached hydrogen (secondary N) is 1. The maximum Gasteiger partial charge on any atom is 0.287 e. The number of benzene rings is 1. The molecule has 0 aliphatic carbocycles. The van der Waals surface area contributed by atoms with Crippen LogP contribution in [0.3, 0.4) is 0 Å². The van der Waals surface area contributed by atoms with Gasteiger partial charge in [-0.2, -0.15) is 0 Å². The number of fused-ring (bicyclic) bond motifs is 1. The van der Waals surface area contributed by atoms with Crippen LogP contribution in [0.4, 0.5) is 5.13 Å². The van der Waals surface area contributed by atoms with E-state index in [1.807, 2.05) is 0 Å². The van der Waals surface area contributed by atoms with E-state index in [0.717, 1.165) is 4.57 Å². The van der Waals surface area contributed by atoms with Gasteiger partial charge in [-0.05, 0) is 25.1 Å². The Hall–Kier alpha value is -3.18. The summed E-state index contributed by atoms with van der Waals surface area (Å²) in [4.78, 5) is 28.8. The molecule has 0 spiro atoms. The highest BCUT2D eigenvalue weighted by Crippen LogP contribution is 2.28. The number of aromatic nitrogens is 4. The quantitative estimate of drug-likeness (QED) is 0.368. The fourth-order valence-corrected chi connectivity index (χ4v) is 4.18. The lowest BCUT2D eigenvalue weighted by Gasteiger charge is -2.03. The summed E-state index contributed by atoms with van der Waals surface area (Å²) >= 11 is 2.62. The molecular formula is C18H15N5O4S2. The third-order valence-corrected chi connectivity index (χ3v) is 5.83. The average molecular weight is 429 g/mol. The Morgan fingerprint density at radius 2 is 2.17 bits per heavy atom. The maximum atomic E-state index is 12.3. The molecule has 9 nitrogen and oxygen atoms in total. The van der Waals surface area contributed by atoms with Crippen molar-refractivity contribution in [1.82, 2.24) is 19.8 Å². The fourth-order valence-electron chi connectivity index (χ4n) is 2.54. The summed E-state index contributed by atoms with van der Waals surface area (Å²) in [5.74, 6) is 1.35. The van der Waals surface area contributed by atoms with Crippen LogP contribution in [0.5, 0.6) is 5.75 Å². The van der Waals surface area contributed by atoms with Gasteiger partial charge >= 0.3 is 0 Å². The minimum Gasteiger partial charge on any atom is -0.497 e. The van der Waals surface area contributed by atoms with E-state index in [0.29, 0.717) is 43.6 Å². The first kappa shape index (κ1) is 19.2. The molecule has 11 heteroatoms. The molecule has 1 N–H and O–H groups in total. The molecule has 3 heterocycles. The normalized spacial score (nSPS) is 11.0. The van der Waals surface area contributed by atoms with Gasteiger partial charge in [0.25, 0.3) is 11.5 Å². The molecule has 1 aromatic carbocycles. The van der Waals surface area contributed by atoms with Crippen molar-refractivity contribution in [1.29, 1.82) is 0 Å². The van der Waals surface area contributed by atoms with E-state index in [4.69, 9.17) is 9.26 Å². The highest BCUT2D eigenvalue weighted by molar-refractivity contribution is 8.00. The Bertz CT molecular complexity index is 1250. The number of carbonyl (C=O) groups is 1. The van der Waals surface area contributed by atoms with Gasteiger partial charge in [0.05, 0.1) is 12.8 Å². The van der Waals surface area contributed by atoms with Gasteiger partial charge in [0.15, 0.2) is 9.99 Å². The molecule has 1 amide bonds. The average Bonchev–Trinajstić information content (AvgIpc) is 3.32. The predicted octanol–water partition coefficient (Wildman–Crippen LogP) is 3.00. The number of ether oxygens (including phenoxy) is 1. The van der Waals surface area contributed by atoms with Crippen molar-refractivity contribution in [2.75, 3.05) is 12.4 Å². The second-order valence-electron chi connectivity index (χ2n) is 5.93. The van der Waals surface area contributed by atoms with E-state index in [1.165, 1.54) is 29.2 Å². The minimum atomic E-state index is -0.299. The second-order valence-corrected chi connectivity index (χ2v) is 8.13. The Morgan fingerprint density at radius 3 is 3.00 bits per heavy atom. The summed E-state index contributed by atoms with van der Waals surface area (Å²) in [6.45, 7) is 1.76. The summed E-state index contributed by atoms with van der Waals surface area (Å²) in [5, 5.41) is 11.2. The van der Waals surface area contributed by atoms with Gasteiger partial charge in [-0.1, -0.05) is 29.2 Å². The molecule has 0 saturated heterocycles. The lowest BCUT2D eigenvalue weighted by atomic mass is 10.2. The molecule has 0 atom stereocenters. The molecule has 0 aliphatic heterocycles. The molecule has 0 bridgehead atoms. The van der Waals surface area contributed by atoms with E-state index in [-0.39, 0.29) is 11.5 Å². The summed E-state index contributed by atoms with van der Waals surface area (Å²) in [5.41, 5.74) is 1.26. The first-order valence-electron chi connectivity index (χ1n) is 8.43. The van der Waals surface area contributed by atoms with Gasteiger partial charge in [0.2, 0.25) is 5.13 Å². The first-order chi connectivity index (χ1) is 14.0. The molecule has 148 valence electrons. The molecular weight excluding hydrogens is 414 g/mol. The number of aryl methyl sites for hydroxylation is 1. The van der Waals surface area contributed by atoms with Crippen LogP contribution in [0.1, 0.15) is 21.8 Å². The number of hydrogen-bond acceptors (Lipinski definition) is 9. The van der Waals surface area contributed by atoms with Crippen molar-refractivity contribution >= 4 is 39.8 Å². The topological polar surface area (TPSA) is 112 Å². The molecule has 3 aromatic heterocycles. The van der Waals surface area contributed by atoms with Gasteiger partial charge < -0.3 is 9.26 Å². The Morgan fingerprint density at radius 1 is 1.31 bits per heavy atom. The second kappa shape index (κ2) is 8.05. The number of carbonyl (C=O) groups excluding carboxylic acids is 1. The Labute approximate surface area is 172 Å². The summed E-state index contributed by atoms with van der Waals surface area (Å²) in [7, 11) is 1.54. The Balaban J connectivity index is 1.41. The number of anilines is 1. The van der Waals surface area contributed by atoms with Crippen LogP contribution in [-0.4, -0.2) is 32.8 Å². The van der Waals surface area contributed by atoms with E-state index in [2.05, 4.69) is 20.5 Å². The van der Waals surface area contributed by atoms with Crippen LogP contribution >= 0.6 is 23.1 Å². The van der Waals surface area contributed by atoms with E-state index in [9.17, 15) is 9.59 Å². The number of hydrogen-bond donors (Lipinski definition) is 1. The van der Waals surface area contributed by atoms with Crippen LogP contribution < -0.4 is 15.6 Å². The van der Waals surface area contributed by atoms with Crippen molar-refractivity contribution in [3.05, 3.63) is 63.8 Å². The van der Waals surface area contributed by atoms with Crippen LogP contribution in [0.2, 0.25) is 0 Å². The number of amides is 1. The molecule has 4 aromatic rings. The van der Waals surface area contributed by atoms with Crippen LogP contribution in [0, 0.1) is 6.92 Å². The third kappa shape index (κ3) is 4.30. The van der Waals surface area contributed by atoms with Gasteiger partial charge in [0, 0.05) is 23.4 Å². The van der Waals surface area contributed by atoms with Gasteiger partial charge in [-0.3, -0.25) is 14.9 Å². The first-order valence-corrected chi connectivity index (χ1v) is 10.2. The highest BCUT2D eigenvalue weighted by Gasteiger charge is 2.13. The molecule has 0 fully saturated rings. The molecule has 4 rings (SSSR count). The van der Waals surface area contributed by atoms with Gasteiger partial charge in [-0.15, -0.1) is 14.8 Å². The van der Waals surface area contributed by atoms with Crippen molar-refractivity contribution in [3.63, 3.8) is 0 Å². The maximum absolute atomic E-state index is 12.3. The molecule has 29 heavy (non-hydrogen) atoms. The van der Waals surface area contributed by atoms with Crippen molar-refractivity contribution in [2.24, 2.45) is 0 Å². The smallest absolute Gasteiger partial charge is 0.287 e. The standard InChI is InChI=1S/C18H15N5O4S2/c1-10-6-14-19-12(8-15(24)23(14)27-10)9-28-18-22-21-17(29-18)20-16(25)11-4-3-5-13(7-11)26-2/h3-8H,9H2,1-2H3,(H,20,21,25). The van der Waals surface area contributed by atoms with Crippen molar-refractivity contribution in [3.8, 4) is 5.75 Å². The third-order valence-electron chi connectivity index (χ3n) is 3.83. The van der Waals surface area contributed by atoms with Gasteiger partial charge in [-0.25, -0.2) is 4.98 Å². The molecule has 0 unspecified atom stereocenters. The number of rotatable bonds is 6. The summed E-state index contributed by atoms with van der Waals surface area (Å²) < 4.78 is 12.2. The van der Waals surface area contributed by atoms with E-state index in [1.54, 1.807) is 44.4 Å². The molecule has 0 aliphatic rings. The summed E-state index contributed by atoms with van der Waals surface area (Å²) in [6, 6.07) is 9.96. The van der Waals surface area contributed by atoms with Gasteiger partial charge in [0.1, 0.15) is 11.5 Å². The SMILES string of the molecule is COc1cccc(C(=O)Nc2nnc(SCc3cc(=O)n4oc(C)cc4n3)s2)c1. The lowest BCUT2D eigenvalue weighted by Crippen LogP contribution is -2.12. The zero-order valence-electron chi connectivity index (χ0n) is 15.4. The molecule has 0 saturated carbocycles. The monoisotopic (exact) mass is 429 g/mol. The minimum absolute atomic E-state index is 0.276. The Kier molecular flexibility index (Phi) is 5.32. The summed E-state index contributed by atoms with van der Waals surface area (Å²) in [6.07, 6.45) is 0. The van der Waals surface area contributed by atoms with Crippen LogP contribution in [0.25, 0.3) is 5.65 Å². The largest absolute Gasteiger partial charge is 0.497 e. The van der Waals surface area contributed by atoms with Crippen molar-refractivity contribution < 1.29 is 14.1 Å². The number of methoxy groups -OCH3 is 1. The van der Waals surface area contributed by atoms with Crippen LogP contribution in [0.15, 0.2) is 50.1 Å². The zero-order valence-corrected chi connectivity index (χ0v) is 17.0. The number of nitrogens with zero attached hydrogens (tertiary/aromatic N) is 4.